The topological polar surface area (TPSA) is 97.3 Å². The van der Waals surface area contributed by atoms with Crippen molar-refractivity contribution in [2.45, 2.75) is 19.4 Å². The number of aryl methyl sites for hydroxylation is 1. The minimum absolute atomic E-state index is 0.0249. The van der Waals surface area contributed by atoms with Crippen LogP contribution in [0.4, 0.5) is 5.82 Å². The number of amides is 1. The van der Waals surface area contributed by atoms with Crippen LogP contribution in [0.2, 0.25) is 0 Å². The number of aromatic nitrogens is 3. The molecule has 1 amide bonds. The number of nitrogens with one attached hydrogen (secondary N) is 1. The Hall–Kier alpha value is -3.16. The Balaban J connectivity index is 1.50. The fraction of sp³-hybridized carbons (Fsp3) is 0.294. The molecule has 128 valence electrons. The first-order chi connectivity index (χ1) is 12.2. The predicted octanol–water partition coefficient (Wildman–Crippen LogP) is 2.04. The number of carbonyl (C=O) groups is 1. The number of rotatable bonds is 4. The summed E-state index contributed by atoms with van der Waals surface area (Å²) in [4.78, 5) is 23.0. The summed E-state index contributed by atoms with van der Waals surface area (Å²) >= 11 is 0. The third-order valence-electron chi connectivity index (χ3n) is 4.11. The van der Waals surface area contributed by atoms with Crippen LogP contribution >= 0.6 is 0 Å². The van der Waals surface area contributed by atoms with Crippen molar-refractivity contribution >= 4 is 11.7 Å². The average Bonchev–Trinajstić information content (AvgIpc) is 3.36. The van der Waals surface area contributed by atoms with Gasteiger partial charge in [-0.05, 0) is 37.6 Å². The molecular weight excluding hydrogens is 322 g/mol. The van der Waals surface area contributed by atoms with Crippen molar-refractivity contribution in [2.75, 3.05) is 18.0 Å². The molecule has 3 aromatic rings. The molecule has 0 aromatic carbocycles. The summed E-state index contributed by atoms with van der Waals surface area (Å²) < 4.78 is 10.4. The molecule has 0 spiro atoms. The van der Waals surface area contributed by atoms with Gasteiger partial charge in [0.05, 0.1) is 11.8 Å². The van der Waals surface area contributed by atoms with E-state index in [0.717, 1.165) is 24.3 Å². The normalized spacial score (nSPS) is 17.0. The maximum Gasteiger partial charge on any atom is 0.287 e. The van der Waals surface area contributed by atoms with Crippen molar-refractivity contribution in [1.82, 2.24) is 20.4 Å². The van der Waals surface area contributed by atoms with Crippen LogP contribution in [-0.4, -0.2) is 40.2 Å². The van der Waals surface area contributed by atoms with Crippen LogP contribution in [0.5, 0.6) is 0 Å². The smallest absolute Gasteiger partial charge is 0.287 e. The van der Waals surface area contributed by atoms with Crippen LogP contribution < -0.4 is 10.2 Å². The SMILES string of the molecule is Cc1noc(-c2cccnc2N2CCC(NC(=O)c3ccco3)C2)n1. The molecule has 0 aliphatic carbocycles. The van der Waals surface area contributed by atoms with Gasteiger partial charge in [0.15, 0.2) is 11.6 Å². The third-order valence-corrected chi connectivity index (χ3v) is 4.11. The predicted molar refractivity (Wildman–Crippen MR) is 89.1 cm³/mol. The maximum atomic E-state index is 12.1. The molecule has 1 unspecified atom stereocenters. The number of pyridine rings is 1. The molecule has 1 aliphatic heterocycles. The van der Waals surface area contributed by atoms with Gasteiger partial charge in [-0.3, -0.25) is 4.79 Å². The van der Waals surface area contributed by atoms with E-state index in [2.05, 4.69) is 25.3 Å². The lowest BCUT2D eigenvalue weighted by molar-refractivity contribution is 0.0912. The molecule has 1 atom stereocenters. The average molecular weight is 339 g/mol. The standard InChI is InChI=1S/C17H17N5O3/c1-11-19-17(25-21-11)13-4-2-7-18-15(13)22-8-6-12(10-22)20-16(23)14-5-3-9-24-14/h2-5,7,9,12H,6,8,10H2,1H3,(H,20,23). The van der Waals surface area contributed by atoms with Gasteiger partial charge in [-0.15, -0.1) is 0 Å². The summed E-state index contributed by atoms with van der Waals surface area (Å²) in [6.07, 6.45) is 4.05. The summed E-state index contributed by atoms with van der Waals surface area (Å²) in [6, 6.07) is 7.12. The molecule has 4 rings (SSSR count). The van der Waals surface area contributed by atoms with Gasteiger partial charge in [0.25, 0.3) is 11.8 Å². The molecule has 1 fully saturated rings. The summed E-state index contributed by atoms with van der Waals surface area (Å²) in [5, 5.41) is 6.83. The first kappa shape index (κ1) is 15.4. The van der Waals surface area contributed by atoms with Gasteiger partial charge in [-0.1, -0.05) is 5.16 Å². The lowest BCUT2D eigenvalue weighted by Gasteiger charge is -2.19. The van der Waals surface area contributed by atoms with E-state index >= 15 is 0 Å². The van der Waals surface area contributed by atoms with Crippen LogP contribution in [-0.2, 0) is 0 Å². The highest BCUT2D eigenvalue weighted by molar-refractivity contribution is 5.91. The molecule has 0 saturated carbocycles. The van der Waals surface area contributed by atoms with E-state index in [4.69, 9.17) is 8.94 Å². The second-order valence-electron chi connectivity index (χ2n) is 5.90. The molecule has 25 heavy (non-hydrogen) atoms. The number of hydrogen-bond acceptors (Lipinski definition) is 7. The molecule has 3 aromatic heterocycles. The Morgan fingerprint density at radius 3 is 3.04 bits per heavy atom. The summed E-state index contributed by atoms with van der Waals surface area (Å²) in [6.45, 7) is 3.21. The zero-order valence-corrected chi connectivity index (χ0v) is 13.7. The van der Waals surface area contributed by atoms with Crippen molar-refractivity contribution in [3.05, 3.63) is 48.3 Å². The van der Waals surface area contributed by atoms with E-state index in [1.807, 2.05) is 12.1 Å². The van der Waals surface area contributed by atoms with Crippen LogP contribution in [0.25, 0.3) is 11.5 Å². The van der Waals surface area contributed by atoms with Crippen LogP contribution in [0, 0.1) is 6.92 Å². The largest absolute Gasteiger partial charge is 0.459 e. The molecule has 0 radical (unpaired) electrons. The molecule has 4 heterocycles. The number of nitrogens with zero attached hydrogens (tertiary/aromatic N) is 4. The fourth-order valence-corrected chi connectivity index (χ4v) is 2.96. The van der Waals surface area contributed by atoms with Gasteiger partial charge in [0.1, 0.15) is 5.82 Å². The van der Waals surface area contributed by atoms with Gasteiger partial charge >= 0.3 is 0 Å². The van der Waals surface area contributed by atoms with E-state index in [1.54, 1.807) is 25.3 Å². The lowest BCUT2D eigenvalue weighted by atomic mass is 10.2. The molecule has 8 nitrogen and oxygen atoms in total. The van der Waals surface area contributed by atoms with E-state index in [-0.39, 0.29) is 11.9 Å². The third kappa shape index (κ3) is 3.10. The van der Waals surface area contributed by atoms with E-state index in [0.29, 0.717) is 24.0 Å². The molecule has 0 bridgehead atoms. The summed E-state index contributed by atoms with van der Waals surface area (Å²) in [7, 11) is 0. The van der Waals surface area contributed by atoms with Crippen molar-refractivity contribution in [1.29, 1.82) is 0 Å². The highest BCUT2D eigenvalue weighted by Crippen LogP contribution is 2.29. The number of hydrogen-bond donors (Lipinski definition) is 1. The van der Waals surface area contributed by atoms with Crippen molar-refractivity contribution < 1.29 is 13.7 Å². The summed E-state index contributed by atoms with van der Waals surface area (Å²) in [5.74, 6) is 1.92. The first-order valence-corrected chi connectivity index (χ1v) is 8.06. The Kier molecular flexibility index (Phi) is 3.93. The van der Waals surface area contributed by atoms with Crippen molar-refractivity contribution in [2.24, 2.45) is 0 Å². The second kappa shape index (κ2) is 6.39. The highest BCUT2D eigenvalue weighted by Gasteiger charge is 2.28. The molecule has 1 saturated heterocycles. The highest BCUT2D eigenvalue weighted by atomic mass is 16.5. The Labute approximate surface area is 143 Å². The van der Waals surface area contributed by atoms with Crippen LogP contribution in [0.1, 0.15) is 22.8 Å². The van der Waals surface area contributed by atoms with Crippen molar-refractivity contribution in [3.63, 3.8) is 0 Å². The molecule has 1 aliphatic rings. The van der Waals surface area contributed by atoms with Crippen LogP contribution in [0.3, 0.4) is 0 Å². The minimum atomic E-state index is -0.203. The lowest BCUT2D eigenvalue weighted by Crippen LogP contribution is -2.37. The Morgan fingerprint density at radius 2 is 2.28 bits per heavy atom. The number of carbonyl (C=O) groups excluding carboxylic acids is 1. The molecule has 8 heteroatoms. The quantitative estimate of drug-likeness (QED) is 0.777. The second-order valence-corrected chi connectivity index (χ2v) is 5.90. The summed E-state index contributed by atoms with van der Waals surface area (Å²) in [5.41, 5.74) is 0.793. The number of furan rings is 1. The van der Waals surface area contributed by atoms with Gasteiger partial charge in [-0.25, -0.2) is 4.98 Å². The van der Waals surface area contributed by atoms with Gasteiger partial charge in [0.2, 0.25) is 0 Å². The first-order valence-electron chi connectivity index (χ1n) is 8.06. The molecular formula is C17H17N5O3. The van der Waals surface area contributed by atoms with Crippen molar-refractivity contribution in [3.8, 4) is 11.5 Å². The molecule has 1 N–H and O–H groups in total. The van der Waals surface area contributed by atoms with E-state index in [9.17, 15) is 4.79 Å². The van der Waals surface area contributed by atoms with Crippen LogP contribution in [0.15, 0.2) is 45.7 Å². The van der Waals surface area contributed by atoms with Gasteiger partial charge in [-0.2, -0.15) is 4.98 Å². The zero-order chi connectivity index (χ0) is 17.2. The minimum Gasteiger partial charge on any atom is -0.459 e. The monoisotopic (exact) mass is 339 g/mol. The van der Waals surface area contributed by atoms with Gasteiger partial charge < -0.3 is 19.2 Å². The Bertz CT molecular complexity index is 874. The Morgan fingerprint density at radius 1 is 1.36 bits per heavy atom. The fourth-order valence-electron chi connectivity index (χ4n) is 2.96. The van der Waals surface area contributed by atoms with Gasteiger partial charge in [0, 0.05) is 25.3 Å². The van der Waals surface area contributed by atoms with E-state index in [1.165, 1.54) is 6.26 Å². The maximum absolute atomic E-state index is 12.1. The zero-order valence-electron chi connectivity index (χ0n) is 13.7. The van der Waals surface area contributed by atoms with E-state index < -0.39 is 0 Å². The number of anilines is 1.